The largest absolute Gasteiger partial charge is 0.349 e. The second-order valence-corrected chi connectivity index (χ2v) is 7.55. The summed E-state index contributed by atoms with van der Waals surface area (Å²) >= 11 is 0. The standard InChI is InChI=1S/C20H33N3O2/c1-14(2)10-11-16(4)21-19(24)12-23(6)13-20(25)22-18-9-7-8-15(3)17(18)5/h7-9,14,16H,10-13H2,1-6H3,(H,21,24)(H,22,25)/p+1/t16-/m0/s1. The molecule has 1 unspecified atom stereocenters. The maximum absolute atomic E-state index is 12.2. The number of rotatable bonds is 9. The van der Waals surface area contributed by atoms with Crippen molar-refractivity contribution < 1.29 is 14.5 Å². The average Bonchev–Trinajstić information content (AvgIpc) is 2.49. The van der Waals surface area contributed by atoms with E-state index < -0.39 is 0 Å². The molecule has 140 valence electrons. The van der Waals surface area contributed by atoms with E-state index in [1.807, 2.05) is 46.0 Å². The highest BCUT2D eigenvalue weighted by Gasteiger charge is 2.16. The molecule has 5 heteroatoms. The van der Waals surface area contributed by atoms with Crippen LogP contribution in [0.25, 0.3) is 0 Å². The van der Waals surface area contributed by atoms with Crippen molar-refractivity contribution in [3.8, 4) is 0 Å². The summed E-state index contributed by atoms with van der Waals surface area (Å²) in [5.41, 5.74) is 3.06. The molecule has 1 aromatic rings. The molecule has 1 rings (SSSR count). The molecule has 3 N–H and O–H groups in total. The highest BCUT2D eigenvalue weighted by molar-refractivity contribution is 5.92. The maximum atomic E-state index is 12.2. The van der Waals surface area contributed by atoms with Crippen molar-refractivity contribution in [2.24, 2.45) is 5.92 Å². The summed E-state index contributed by atoms with van der Waals surface area (Å²) in [6.45, 7) is 11.0. The summed E-state index contributed by atoms with van der Waals surface area (Å²) in [5.74, 6) is 0.557. The Labute approximate surface area is 152 Å². The summed E-state index contributed by atoms with van der Waals surface area (Å²) in [7, 11) is 1.86. The first-order valence-electron chi connectivity index (χ1n) is 9.15. The Kier molecular flexibility index (Phi) is 8.62. The molecule has 0 aliphatic rings. The lowest BCUT2D eigenvalue weighted by Crippen LogP contribution is -3.11. The SMILES string of the molecule is Cc1cccc(NC(=O)C[NH+](C)CC(=O)N[C@@H](C)CCC(C)C)c1C. The zero-order valence-electron chi connectivity index (χ0n) is 16.5. The summed E-state index contributed by atoms with van der Waals surface area (Å²) in [4.78, 5) is 25.2. The molecule has 1 aromatic carbocycles. The van der Waals surface area contributed by atoms with Gasteiger partial charge >= 0.3 is 0 Å². The smallest absolute Gasteiger partial charge is 0.279 e. The van der Waals surface area contributed by atoms with Crippen molar-refractivity contribution in [2.75, 3.05) is 25.5 Å². The van der Waals surface area contributed by atoms with Gasteiger partial charge in [0.2, 0.25) is 0 Å². The molecule has 0 fully saturated rings. The molecule has 0 radical (unpaired) electrons. The molecular formula is C20H34N3O2+. The van der Waals surface area contributed by atoms with Crippen molar-refractivity contribution >= 4 is 17.5 Å². The molecule has 0 saturated heterocycles. The topological polar surface area (TPSA) is 62.6 Å². The van der Waals surface area contributed by atoms with Crippen molar-refractivity contribution in [1.29, 1.82) is 0 Å². The van der Waals surface area contributed by atoms with E-state index in [-0.39, 0.29) is 24.4 Å². The normalized spacial score (nSPS) is 13.4. The van der Waals surface area contributed by atoms with Gasteiger partial charge < -0.3 is 15.5 Å². The van der Waals surface area contributed by atoms with Crippen LogP contribution in [0.4, 0.5) is 5.69 Å². The van der Waals surface area contributed by atoms with E-state index in [1.54, 1.807) is 0 Å². The van der Waals surface area contributed by atoms with Gasteiger partial charge in [0.1, 0.15) is 0 Å². The number of carbonyl (C=O) groups excluding carboxylic acids is 2. The van der Waals surface area contributed by atoms with E-state index in [0.29, 0.717) is 12.5 Å². The summed E-state index contributed by atoms with van der Waals surface area (Å²) in [6, 6.07) is 6.03. The predicted molar refractivity (Wildman–Crippen MR) is 103 cm³/mol. The van der Waals surface area contributed by atoms with Crippen LogP contribution in [-0.2, 0) is 9.59 Å². The van der Waals surface area contributed by atoms with Crippen molar-refractivity contribution in [3.63, 3.8) is 0 Å². The van der Waals surface area contributed by atoms with E-state index in [2.05, 4.69) is 24.5 Å². The van der Waals surface area contributed by atoms with E-state index >= 15 is 0 Å². The predicted octanol–water partition coefficient (Wildman–Crippen LogP) is 1.70. The molecule has 0 spiro atoms. The molecule has 0 heterocycles. The Morgan fingerprint density at radius 3 is 2.32 bits per heavy atom. The average molecular weight is 349 g/mol. The van der Waals surface area contributed by atoms with Crippen molar-refractivity contribution in [3.05, 3.63) is 29.3 Å². The van der Waals surface area contributed by atoms with Gasteiger partial charge in [-0.1, -0.05) is 26.0 Å². The highest BCUT2D eigenvalue weighted by atomic mass is 16.2. The fraction of sp³-hybridized carbons (Fsp3) is 0.600. The molecule has 0 saturated carbocycles. The zero-order chi connectivity index (χ0) is 19.0. The molecule has 5 nitrogen and oxygen atoms in total. The minimum atomic E-state index is -0.0770. The van der Waals surface area contributed by atoms with Gasteiger partial charge in [0, 0.05) is 11.7 Å². The number of anilines is 1. The van der Waals surface area contributed by atoms with Crippen LogP contribution in [0.3, 0.4) is 0 Å². The van der Waals surface area contributed by atoms with Crippen molar-refractivity contribution in [2.45, 2.75) is 53.5 Å². The number of hydrogen-bond donors (Lipinski definition) is 3. The maximum Gasteiger partial charge on any atom is 0.279 e. The van der Waals surface area contributed by atoms with Crippen LogP contribution in [0.2, 0.25) is 0 Å². The van der Waals surface area contributed by atoms with Gasteiger partial charge in [-0.25, -0.2) is 0 Å². The molecule has 0 aromatic heterocycles. The van der Waals surface area contributed by atoms with E-state index in [9.17, 15) is 9.59 Å². The lowest BCUT2D eigenvalue weighted by atomic mass is 10.0. The fourth-order valence-electron chi connectivity index (χ4n) is 2.67. The molecule has 0 bridgehead atoms. The van der Waals surface area contributed by atoms with Gasteiger partial charge in [0.15, 0.2) is 13.1 Å². The van der Waals surface area contributed by atoms with Gasteiger partial charge in [-0.2, -0.15) is 0 Å². The van der Waals surface area contributed by atoms with Gasteiger partial charge in [-0.05, 0) is 56.7 Å². The first kappa shape index (κ1) is 21.2. The van der Waals surface area contributed by atoms with Crippen LogP contribution in [0.15, 0.2) is 18.2 Å². The van der Waals surface area contributed by atoms with Crippen LogP contribution in [0.1, 0.15) is 44.7 Å². The molecule has 2 atom stereocenters. The Morgan fingerprint density at radius 1 is 1.04 bits per heavy atom. The highest BCUT2D eigenvalue weighted by Crippen LogP contribution is 2.17. The number of carbonyl (C=O) groups is 2. The first-order valence-corrected chi connectivity index (χ1v) is 9.15. The third-order valence-corrected chi connectivity index (χ3v) is 4.39. The number of likely N-dealkylation sites (N-methyl/N-ethyl adjacent to an activating group) is 1. The third-order valence-electron chi connectivity index (χ3n) is 4.39. The molecule has 0 aliphatic carbocycles. The molecule has 2 amide bonds. The minimum absolute atomic E-state index is 0.00621. The fourth-order valence-corrected chi connectivity index (χ4v) is 2.67. The van der Waals surface area contributed by atoms with Crippen molar-refractivity contribution in [1.82, 2.24) is 5.32 Å². The Hall–Kier alpha value is -1.88. The number of amides is 2. The lowest BCUT2D eigenvalue weighted by molar-refractivity contribution is -0.862. The van der Waals surface area contributed by atoms with Gasteiger partial charge in [0.25, 0.3) is 11.8 Å². The first-order chi connectivity index (χ1) is 11.7. The Balaban J connectivity index is 2.40. The third kappa shape index (κ3) is 8.16. The van der Waals surface area contributed by atoms with Crippen LogP contribution < -0.4 is 15.5 Å². The summed E-state index contributed by atoms with van der Waals surface area (Å²) in [6.07, 6.45) is 2.08. The van der Waals surface area contributed by atoms with Crippen LogP contribution >= 0.6 is 0 Å². The van der Waals surface area contributed by atoms with Crippen LogP contribution in [0.5, 0.6) is 0 Å². The number of nitrogens with one attached hydrogen (secondary N) is 3. The quantitative estimate of drug-likeness (QED) is 0.636. The minimum Gasteiger partial charge on any atom is -0.349 e. The molecule has 0 aliphatic heterocycles. The summed E-state index contributed by atoms with van der Waals surface area (Å²) < 4.78 is 0. The molecule has 25 heavy (non-hydrogen) atoms. The number of hydrogen-bond acceptors (Lipinski definition) is 2. The Morgan fingerprint density at radius 2 is 1.68 bits per heavy atom. The number of aryl methyl sites for hydroxylation is 1. The van der Waals surface area contributed by atoms with Gasteiger partial charge in [-0.15, -0.1) is 0 Å². The summed E-state index contributed by atoms with van der Waals surface area (Å²) in [5, 5.41) is 5.95. The van der Waals surface area contributed by atoms with E-state index in [4.69, 9.17) is 0 Å². The molecular weight excluding hydrogens is 314 g/mol. The van der Waals surface area contributed by atoms with E-state index in [0.717, 1.165) is 34.6 Å². The van der Waals surface area contributed by atoms with Gasteiger partial charge in [-0.3, -0.25) is 9.59 Å². The monoisotopic (exact) mass is 348 g/mol. The second kappa shape index (κ2) is 10.2. The second-order valence-electron chi connectivity index (χ2n) is 7.55. The van der Waals surface area contributed by atoms with Crippen LogP contribution in [-0.4, -0.2) is 38.0 Å². The van der Waals surface area contributed by atoms with Gasteiger partial charge in [0.05, 0.1) is 7.05 Å². The lowest BCUT2D eigenvalue weighted by Gasteiger charge is -2.18. The van der Waals surface area contributed by atoms with E-state index in [1.165, 1.54) is 0 Å². The van der Waals surface area contributed by atoms with Crippen LogP contribution in [0, 0.1) is 19.8 Å². The number of quaternary nitrogens is 1. The number of benzene rings is 1. The Bertz CT molecular complexity index is 584. The zero-order valence-corrected chi connectivity index (χ0v) is 16.5.